The number of hydrogen-bond acceptors (Lipinski definition) is 2. The van der Waals surface area contributed by atoms with Crippen molar-refractivity contribution in [2.75, 3.05) is 13.1 Å². The fraction of sp³-hybridized carbons (Fsp3) is 0.300. The molecule has 0 spiro atoms. The standard InChI is InChI=1S/C10H12BrFN2O.ClH/c11-7-3-1-4-8(12)9(7)10(15)14-6-2-5-13;/h1,3-4H,2,5-6,13H2,(H,14,15);1H. The molecule has 0 fully saturated rings. The van der Waals surface area contributed by atoms with Crippen LogP contribution in [-0.4, -0.2) is 19.0 Å². The van der Waals surface area contributed by atoms with Crippen LogP contribution in [0.2, 0.25) is 0 Å². The SMILES string of the molecule is Cl.NCCCNC(=O)c1c(F)cccc1Br. The van der Waals surface area contributed by atoms with E-state index in [9.17, 15) is 9.18 Å². The van der Waals surface area contributed by atoms with Gasteiger partial charge >= 0.3 is 0 Å². The smallest absolute Gasteiger partial charge is 0.255 e. The first-order valence-corrected chi connectivity index (χ1v) is 5.38. The van der Waals surface area contributed by atoms with Gasteiger partial charge in [-0.3, -0.25) is 4.79 Å². The predicted octanol–water partition coefficient (Wildman–Crippen LogP) is 2.09. The van der Waals surface area contributed by atoms with Crippen LogP contribution < -0.4 is 11.1 Å². The fourth-order valence-electron chi connectivity index (χ4n) is 1.11. The van der Waals surface area contributed by atoms with Gasteiger partial charge in [0.25, 0.3) is 5.91 Å². The van der Waals surface area contributed by atoms with Crippen LogP contribution in [-0.2, 0) is 0 Å². The van der Waals surface area contributed by atoms with Gasteiger partial charge in [-0.15, -0.1) is 12.4 Å². The van der Waals surface area contributed by atoms with E-state index in [4.69, 9.17) is 5.73 Å². The van der Waals surface area contributed by atoms with Crippen molar-refractivity contribution in [3.8, 4) is 0 Å². The highest BCUT2D eigenvalue weighted by Crippen LogP contribution is 2.19. The Kier molecular flexibility index (Phi) is 7.29. The molecule has 3 N–H and O–H groups in total. The molecule has 1 rings (SSSR count). The summed E-state index contributed by atoms with van der Waals surface area (Å²) >= 11 is 3.13. The molecule has 1 aromatic rings. The molecule has 0 bridgehead atoms. The third-order valence-corrected chi connectivity index (χ3v) is 2.52. The second-order valence-electron chi connectivity index (χ2n) is 2.99. The lowest BCUT2D eigenvalue weighted by atomic mass is 10.2. The molecule has 90 valence electrons. The van der Waals surface area contributed by atoms with Crippen LogP contribution in [0.15, 0.2) is 22.7 Å². The molecule has 0 unspecified atom stereocenters. The van der Waals surface area contributed by atoms with E-state index >= 15 is 0 Å². The van der Waals surface area contributed by atoms with E-state index < -0.39 is 11.7 Å². The van der Waals surface area contributed by atoms with Crippen molar-refractivity contribution >= 4 is 34.2 Å². The summed E-state index contributed by atoms with van der Waals surface area (Å²) in [6, 6.07) is 4.42. The topological polar surface area (TPSA) is 55.1 Å². The Labute approximate surface area is 108 Å². The number of hydrogen-bond donors (Lipinski definition) is 2. The van der Waals surface area contributed by atoms with E-state index in [1.807, 2.05) is 0 Å². The average Bonchev–Trinajstić information content (AvgIpc) is 2.18. The van der Waals surface area contributed by atoms with Gasteiger partial charge < -0.3 is 11.1 Å². The summed E-state index contributed by atoms with van der Waals surface area (Å²) in [4.78, 5) is 11.5. The zero-order valence-electron chi connectivity index (χ0n) is 8.50. The van der Waals surface area contributed by atoms with Crippen LogP contribution in [0.1, 0.15) is 16.8 Å². The second kappa shape index (κ2) is 7.60. The van der Waals surface area contributed by atoms with E-state index in [1.165, 1.54) is 12.1 Å². The van der Waals surface area contributed by atoms with Gasteiger partial charge in [-0.2, -0.15) is 0 Å². The van der Waals surface area contributed by atoms with Gasteiger partial charge in [0, 0.05) is 11.0 Å². The van der Waals surface area contributed by atoms with Gasteiger partial charge in [0.2, 0.25) is 0 Å². The van der Waals surface area contributed by atoms with Gasteiger partial charge in [0.15, 0.2) is 0 Å². The minimum atomic E-state index is -0.533. The van der Waals surface area contributed by atoms with E-state index in [1.54, 1.807) is 6.07 Å². The predicted molar refractivity (Wildman–Crippen MR) is 67.4 cm³/mol. The maximum Gasteiger partial charge on any atom is 0.255 e. The Hall–Kier alpha value is -0.650. The van der Waals surface area contributed by atoms with Crippen molar-refractivity contribution in [2.24, 2.45) is 5.73 Å². The zero-order chi connectivity index (χ0) is 11.3. The molecular weight excluding hydrogens is 298 g/mol. The third-order valence-electron chi connectivity index (χ3n) is 1.86. The highest BCUT2D eigenvalue weighted by Gasteiger charge is 2.14. The number of nitrogens with two attached hydrogens (primary N) is 1. The van der Waals surface area contributed by atoms with Crippen molar-refractivity contribution in [1.82, 2.24) is 5.32 Å². The highest BCUT2D eigenvalue weighted by molar-refractivity contribution is 9.10. The number of nitrogens with one attached hydrogen (secondary N) is 1. The van der Waals surface area contributed by atoms with Gasteiger partial charge in [-0.25, -0.2) is 4.39 Å². The lowest BCUT2D eigenvalue weighted by Crippen LogP contribution is -2.27. The average molecular weight is 312 g/mol. The maximum absolute atomic E-state index is 13.3. The van der Waals surface area contributed by atoms with Crippen LogP contribution in [0, 0.1) is 5.82 Å². The summed E-state index contributed by atoms with van der Waals surface area (Å²) in [5.74, 6) is -0.956. The summed E-state index contributed by atoms with van der Waals surface area (Å²) in [6.07, 6.45) is 0.678. The summed E-state index contributed by atoms with van der Waals surface area (Å²) in [5.41, 5.74) is 5.32. The molecule has 1 amide bonds. The minimum absolute atomic E-state index is 0. The fourth-order valence-corrected chi connectivity index (χ4v) is 1.63. The van der Waals surface area contributed by atoms with Crippen molar-refractivity contribution < 1.29 is 9.18 Å². The first-order valence-electron chi connectivity index (χ1n) is 4.59. The van der Waals surface area contributed by atoms with Crippen molar-refractivity contribution in [1.29, 1.82) is 0 Å². The molecule has 16 heavy (non-hydrogen) atoms. The largest absolute Gasteiger partial charge is 0.352 e. The highest BCUT2D eigenvalue weighted by atomic mass is 79.9. The van der Waals surface area contributed by atoms with Gasteiger partial charge in [-0.05, 0) is 41.0 Å². The number of rotatable bonds is 4. The Bertz CT molecular complexity index is 342. The second-order valence-corrected chi connectivity index (χ2v) is 3.85. The molecule has 0 aromatic heterocycles. The molecule has 3 nitrogen and oxygen atoms in total. The number of halogens is 3. The first kappa shape index (κ1) is 15.3. The number of benzene rings is 1. The Morgan fingerprint density at radius 2 is 2.19 bits per heavy atom. The number of amides is 1. The van der Waals surface area contributed by atoms with Crippen LogP contribution >= 0.6 is 28.3 Å². The number of carbonyl (C=O) groups is 1. The first-order chi connectivity index (χ1) is 7.16. The van der Waals surface area contributed by atoms with Gasteiger partial charge in [0.05, 0.1) is 5.56 Å². The van der Waals surface area contributed by atoms with E-state index in [0.717, 1.165) is 0 Å². The molecule has 0 heterocycles. The third kappa shape index (κ3) is 4.08. The molecule has 0 atom stereocenters. The summed E-state index contributed by atoms with van der Waals surface area (Å²) < 4.78 is 13.7. The molecule has 0 aliphatic heterocycles. The van der Waals surface area contributed by atoms with Crippen LogP contribution in [0.5, 0.6) is 0 Å². The minimum Gasteiger partial charge on any atom is -0.352 e. The van der Waals surface area contributed by atoms with E-state index in [2.05, 4.69) is 21.2 Å². The van der Waals surface area contributed by atoms with Crippen LogP contribution in [0.25, 0.3) is 0 Å². The number of carbonyl (C=O) groups excluding carboxylic acids is 1. The normalized spacial score (nSPS) is 9.44. The van der Waals surface area contributed by atoms with Crippen LogP contribution in [0.3, 0.4) is 0 Å². The van der Waals surface area contributed by atoms with Gasteiger partial charge in [0.1, 0.15) is 5.82 Å². The Morgan fingerprint density at radius 3 is 2.75 bits per heavy atom. The van der Waals surface area contributed by atoms with Gasteiger partial charge in [-0.1, -0.05) is 6.07 Å². The Morgan fingerprint density at radius 1 is 1.50 bits per heavy atom. The lowest BCUT2D eigenvalue weighted by molar-refractivity contribution is 0.0948. The lowest BCUT2D eigenvalue weighted by Gasteiger charge is -2.06. The van der Waals surface area contributed by atoms with Crippen molar-refractivity contribution in [3.05, 3.63) is 34.1 Å². The summed E-state index contributed by atoms with van der Waals surface area (Å²) in [7, 11) is 0. The molecule has 6 heteroatoms. The summed E-state index contributed by atoms with van der Waals surface area (Å²) in [5, 5.41) is 2.59. The molecule has 0 saturated heterocycles. The van der Waals surface area contributed by atoms with Crippen molar-refractivity contribution in [2.45, 2.75) is 6.42 Å². The van der Waals surface area contributed by atoms with Crippen molar-refractivity contribution in [3.63, 3.8) is 0 Å². The molecular formula is C10H13BrClFN2O. The van der Waals surface area contributed by atoms with Crippen LogP contribution in [0.4, 0.5) is 4.39 Å². The zero-order valence-corrected chi connectivity index (χ0v) is 10.9. The monoisotopic (exact) mass is 310 g/mol. The van der Waals surface area contributed by atoms with E-state index in [0.29, 0.717) is 24.0 Å². The van der Waals surface area contributed by atoms with E-state index in [-0.39, 0.29) is 18.0 Å². The molecule has 1 aromatic carbocycles. The molecule has 0 aliphatic carbocycles. The maximum atomic E-state index is 13.3. The molecule has 0 radical (unpaired) electrons. The molecule has 0 saturated carbocycles. The summed E-state index contributed by atoms with van der Waals surface area (Å²) in [6.45, 7) is 0.953. The molecule has 0 aliphatic rings. The quantitative estimate of drug-likeness (QED) is 0.837. The Balaban J connectivity index is 0.00000225.